The third kappa shape index (κ3) is 3.00. The van der Waals surface area contributed by atoms with Crippen LogP contribution >= 0.6 is 0 Å². The van der Waals surface area contributed by atoms with Crippen LogP contribution in [-0.4, -0.2) is 19.0 Å². The van der Waals surface area contributed by atoms with Gasteiger partial charge in [0.05, 0.1) is 18.0 Å². The third-order valence-electron chi connectivity index (χ3n) is 5.21. The molecule has 4 rings (SSSR count). The van der Waals surface area contributed by atoms with Gasteiger partial charge in [-0.2, -0.15) is 5.10 Å². The Morgan fingerprint density at radius 3 is 2.42 bits per heavy atom. The Bertz CT molecular complexity index is 1040. The van der Waals surface area contributed by atoms with Crippen molar-refractivity contribution in [3.63, 3.8) is 0 Å². The van der Waals surface area contributed by atoms with Gasteiger partial charge in [-0.3, -0.25) is 0 Å². The Kier molecular flexibility index (Phi) is 3.69. The topological polar surface area (TPSA) is 34.6 Å². The van der Waals surface area contributed by atoms with Gasteiger partial charge in [-0.15, -0.1) is 0 Å². The van der Waals surface area contributed by atoms with E-state index in [2.05, 4.69) is 79.7 Å². The van der Waals surface area contributed by atoms with Gasteiger partial charge in [0.25, 0.3) is 0 Å². The van der Waals surface area contributed by atoms with Crippen LogP contribution in [0.3, 0.4) is 0 Å². The highest BCUT2D eigenvalue weighted by atomic mass is 15.2. The maximum Gasteiger partial charge on any atom is 0.0990 e. The zero-order valence-electron chi connectivity index (χ0n) is 16.2. The second-order valence-electron chi connectivity index (χ2n) is 8.91. The minimum atomic E-state index is 0.0193. The summed E-state index contributed by atoms with van der Waals surface area (Å²) in [7, 11) is 0. The highest BCUT2D eigenvalue weighted by molar-refractivity contribution is 5.53. The summed E-state index contributed by atoms with van der Waals surface area (Å²) >= 11 is 0. The molecule has 4 aromatic rings. The van der Waals surface area contributed by atoms with Crippen molar-refractivity contribution in [2.75, 3.05) is 0 Å². The smallest absolute Gasteiger partial charge is 0.0990 e. The lowest BCUT2D eigenvalue weighted by Gasteiger charge is -2.23. The van der Waals surface area contributed by atoms with Crippen LogP contribution in [0.15, 0.2) is 55.4 Å². The number of hydrogen-bond donors (Lipinski definition) is 0. The molecular weight excluding hydrogens is 320 g/mol. The third-order valence-corrected chi connectivity index (χ3v) is 5.21. The fourth-order valence-corrected chi connectivity index (χ4v) is 3.49. The van der Waals surface area contributed by atoms with Crippen molar-refractivity contribution in [1.82, 2.24) is 19.0 Å². The summed E-state index contributed by atoms with van der Waals surface area (Å²) in [5.74, 6) is 0. The summed E-state index contributed by atoms with van der Waals surface area (Å²) < 4.78 is 4.07. The average molecular weight is 346 g/mol. The van der Waals surface area contributed by atoms with Crippen LogP contribution in [0, 0.1) is 0 Å². The van der Waals surface area contributed by atoms with Gasteiger partial charge < -0.3 is 4.40 Å². The lowest BCUT2D eigenvalue weighted by Crippen LogP contribution is -2.20. The summed E-state index contributed by atoms with van der Waals surface area (Å²) in [5, 5.41) is 4.64. The summed E-state index contributed by atoms with van der Waals surface area (Å²) in [6, 6.07) is 8.81. The number of fused-ring (bicyclic) bond motifs is 2. The molecule has 0 aliphatic carbocycles. The van der Waals surface area contributed by atoms with Crippen molar-refractivity contribution >= 4 is 11.0 Å². The van der Waals surface area contributed by atoms with Crippen molar-refractivity contribution in [2.24, 2.45) is 0 Å². The van der Waals surface area contributed by atoms with Gasteiger partial charge in [-0.25, -0.2) is 9.50 Å². The molecule has 4 heterocycles. The van der Waals surface area contributed by atoms with Crippen molar-refractivity contribution in [2.45, 2.75) is 51.9 Å². The molecule has 0 spiro atoms. The molecule has 0 fully saturated rings. The number of rotatable bonds is 3. The molecule has 0 aromatic carbocycles. The van der Waals surface area contributed by atoms with Gasteiger partial charge in [0.1, 0.15) is 0 Å². The first kappa shape index (κ1) is 16.8. The first-order valence-electron chi connectivity index (χ1n) is 9.12. The normalized spacial score (nSPS) is 13.0. The van der Waals surface area contributed by atoms with E-state index in [0.717, 1.165) is 11.9 Å². The maximum absolute atomic E-state index is 4.64. The van der Waals surface area contributed by atoms with E-state index in [-0.39, 0.29) is 10.8 Å². The predicted molar refractivity (Wildman–Crippen MR) is 106 cm³/mol. The second kappa shape index (κ2) is 5.70. The van der Waals surface area contributed by atoms with Crippen molar-refractivity contribution in [1.29, 1.82) is 0 Å². The largest absolute Gasteiger partial charge is 0.308 e. The van der Waals surface area contributed by atoms with E-state index in [1.165, 1.54) is 22.2 Å². The van der Waals surface area contributed by atoms with E-state index in [9.17, 15) is 0 Å². The van der Waals surface area contributed by atoms with E-state index >= 15 is 0 Å². The quantitative estimate of drug-likeness (QED) is 0.534. The molecule has 0 unspecified atom stereocenters. The Morgan fingerprint density at radius 1 is 0.923 bits per heavy atom. The monoisotopic (exact) mass is 346 g/mol. The van der Waals surface area contributed by atoms with E-state index < -0.39 is 0 Å². The second-order valence-corrected chi connectivity index (χ2v) is 8.91. The van der Waals surface area contributed by atoms with Crippen molar-refractivity contribution < 1.29 is 0 Å². The molecule has 0 N–H and O–H groups in total. The van der Waals surface area contributed by atoms with Gasteiger partial charge in [0, 0.05) is 24.1 Å². The molecule has 0 bridgehead atoms. The lowest BCUT2D eigenvalue weighted by molar-refractivity contribution is 0.521. The molecule has 0 radical (unpaired) electrons. The fraction of sp³-hybridized carbons (Fsp3) is 0.364. The summed E-state index contributed by atoms with van der Waals surface area (Å²) in [6.07, 6.45) is 11.0. The van der Waals surface area contributed by atoms with E-state index in [0.29, 0.717) is 0 Å². The van der Waals surface area contributed by atoms with Gasteiger partial charge in [-0.1, -0.05) is 34.6 Å². The van der Waals surface area contributed by atoms with Crippen LogP contribution in [0.2, 0.25) is 0 Å². The first-order valence-corrected chi connectivity index (χ1v) is 9.12. The van der Waals surface area contributed by atoms with Crippen molar-refractivity contribution in [3.05, 3.63) is 72.1 Å². The molecule has 0 saturated carbocycles. The first-order chi connectivity index (χ1) is 12.2. The number of nitrogens with zero attached hydrogens (tertiary/aromatic N) is 4. The Balaban J connectivity index is 1.66. The minimum absolute atomic E-state index is 0.0193. The average Bonchev–Trinajstić information content (AvgIpc) is 3.18. The summed E-state index contributed by atoms with van der Waals surface area (Å²) in [4.78, 5) is 4.20. The Morgan fingerprint density at radius 2 is 1.69 bits per heavy atom. The molecule has 4 heteroatoms. The highest BCUT2D eigenvalue weighted by Gasteiger charge is 2.23. The SMILES string of the molecule is CC(C)(C)c1cc2cc(CC(C)(C)c3cc4ccncn4c3)cnn2c1. The lowest BCUT2D eigenvalue weighted by atomic mass is 9.81. The van der Waals surface area contributed by atoms with Gasteiger partial charge in [0.2, 0.25) is 0 Å². The van der Waals surface area contributed by atoms with Crippen LogP contribution in [0.5, 0.6) is 0 Å². The molecular formula is C22H26N4. The molecule has 0 atom stereocenters. The molecule has 0 saturated heterocycles. The Labute approximate surface area is 154 Å². The van der Waals surface area contributed by atoms with Gasteiger partial charge in [-0.05, 0) is 58.2 Å². The standard InChI is InChI=1S/C22H26N4/c1-21(2,3)17-9-20-8-16(12-24-26(20)14-17)11-22(4,5)18-10-19-6-7-23-15-25(19)13-18/h6-10,12-15H,11H2,1-5H3. The zero-order valence-corrected chi connectivity index (χ0v) is 16.2. The Hall–Kier alpha value is -2.62. The van der Waals surface area contributed by atoms with E-state index in [4.69, 9.17) is 0 Å². The van der Waals surface area contributed by atoms with Crippen LogP contribution < -0.4 is 0 Å². The molecule has 134 valence electrons. The predicted octanol–water partition coefficient (Wildman–Crippen LogP) is 4.80. The summed E-state index contributed by atoms with van der Waals surface area (Å²) in [5.41, 5.74) is 6.38. The zero-order chi connectivity index (χ0) is 18.5. The maximum atomic E-state index is 4.64. The fourth-order valence-electron chi connectivity index (χ4n) is 3.49. The number of hydrogen-bond acceptors (Lipinski definition) is 2. The number of aromatic nitrogens is 4. The molecule has 4 aromatic heterocycles. The molecule has 26 heavy (non-hydrogen) atoms. The van der Waals surface area contributed by atoms with Crippen molar-refractivity contribution in [3.8, 4) is 0 Å². The van der Waals surface area contributed by atoms with Gasteiger partial charge in [0.15, 0.2) is 0 Å². The van der Waals surface area contributed by atoms with Crippen LogP contribution in [0.4, 0.5) is 0 Å². The van der Waals surface area contributed by atoms with E-state index in [1.54, 1.807) is 0 Å². The van der Waals surface area contributed by atoms with Crippen LogP contribution in [0.1, 0.15) is 51.3 Å². The molecule has 0 amide bonds. The van der Waals surface area contributed by atoms with Crippen LogP contribution in [-0.2, 0) is 17.3 Å². The summed E-state index contributed by atoms with van der Waals surface area (Å²) in [6.45, 7) is 11.3. The van der Waals surface area contributed by atoms with E-state index in [1.807, 2.05) is 29.3 Å². The highest BCUT2D eigenvalue weighted by Crippen LogP contribution is 2.30. The molecule has 4 nitrogen and oxygen atoms in total. The molecule has 0 aliphatic rings. The van der Waals surface area contributed by atoms with Crippen LogP contribution in [0.25, 0.3) is 11.0 Å². The van der Waals surface area contributed by atoms with Gasteiger partial charge >= 0.3 is 0 Å². The molecule has 0 aliphatic heterocycles. The minimum Gasteiger partial charge on any atom is -0.308 e.